The normalized spacial score (nSPS) is 19.7. The summed E-state index contributed by atoms with van der Waals surface area (Å²) in [5.74, 6) is 0.530. The minimum absolute atomic E-state index is 0.154. The Hall–Kier alpha value is -2.56. The van der Waals surface area contributed by atoms with Crippen LogP contribution in [0.4, 0.5) is 5.69 Å². The van der Waals surface area contributed by atoms with Crippen LogP contribution >= 0.6 is 35.3 Å². The highest BCUT2D eigenvalue weighted by molar-refractivity contribution is 8.08. The first-order valence-electron chi connectivity index (χ1n) is 9.04. The molecule has 0 aliphatic carbocycles. The summed E-state index contributed by atoms with van der Waals surface area (Å²) in [6.45, 7) is 4.07. The number of thiocarbonyl (C=S) groups is 1. The van der Waals surface area contributed by atoms with Gasteiger partial charge in [0.25, 0.3) is 11.5 Å². The van der Waals surface area contributed by atoms with E-state index in [0.29, 0.717) is 26.5 Å². The maximum absolute atomic E-state index is 13.4. The highest BCUT2D eigenvalue weighted by atomic mass is 32.2. The molecule has 1 amide bonds. The van der Waals surface area contributed by atoms with Gasteiger partial charge in [0.15, 0.2) is 5.11 Å². The third-order valence-corrected chi connectivity index (χ3v) is 8.14. The number of thiazole rings is 1. The van der Waals surface area contributed by atoms with E-state index < -0.39 is 0 Å². The first kappa shape index (κ1) is 20.7. The molecule has 10 heteroatoms. The largest absolute Gasteiger partial charge is 0.497 e. The molecule has 0 saturated carbocycles. The number of anilines is 1. The van der Waals surface area contributed by atoms with E-state index in [9.17, 15) is 9.59 Å². The van der Waals surface area contributed by atoms with Gasteiger partial charge in [0, 0.05) is 38.6 Å². The smallest absolute Gasteiger partial charge is 0.279 e. The van der Waals surface area contributed by atoms with Crippen molar-refractivity contribution in [3.05, 3.63) is 50.4 Å². The van der Waals surface area contributed by atoms with Gasteiger partial charge >= 0.3 is 0 Å². The van der Waals surface area contributed by atoms with Gasteiger partial charge in [-0.2, -0.15) is 0 Å². The number of allylic oxidation sites excluding steroid dienone is 1. The molecular formula is C20H20N4O3S3. The Morgan fingerprint density at radius 1 is 1.17 bits per heavy atom. The number of carbonyl (C=O) groups is 1. The van der Waals surface area contributed by atoms with Crippen LogP contribution in [0.25, 0.3) is 10.7 Å². The number of carbonyl (C=O) groups excluding carboxylic acids is 1. The second-order valence-electron chi connectivity index (χ2n) is 6.80. The van der Waals surface area contributed by atoms with Crippen LogP contribution in [0.2, 0.25) is 0 Å². The molecule has 0 N–H and O–H groups in total. The van der Waals surface area contributed by atoms with E-state index in [-0.39, 0.29) is 11.5 Å². The monoisotopic (exact) mass is 460 g/mol. The zero-order valence-electron chi connectivity index (χ0n) is 17.0. The molecule has 1 fully saturated rings. The summed E-state index contributed by atoms with van der Waals surface area (Å²) >= 11 is 8.17. The summed E-state index contributed by atoms with van der Waals surface area (Å²) in [5, 5.41) is 1.23. The molecule has 1 aromatic carbocycles. The molecule has 30 heavy (non-hydrogen) atoms. The molecule has 0 unspecified atom stereocenters. The fourth-order valence-electron chi connectivity index (χ4n) is 3.41. The fraction of sp³-hybridized carbons (Fsp3) is 0.250. The van der Waals surface area contributed by atoms with Gasteiger partial charge in [0.05, 0.1) is 12.8 Å². The lowest BCUT2D eigenvalue weighted by molar-refractivity contribution is -0.120. The molecule has 0 spiro atoms. The Morgan fingerprint density at radius 2 is 1.90 bits per heavy atom. The lowest BCUT2D eigenvalue weighted by Gasteiger charge is -2.13. The van der Waals surface area contributed by atoms with Crippen LogP contribution < -0.4 is 24.4 Å². The molecule has 0 bridgehead atoms. The van der Waals surface area contributed by atoms with E-state index in [2.05, 4.69) is 6.58 Å². The first-order valence-corrected chi connectivity index (χ1v) is 11.1. The summed E-state index contributed by atoms with van der Waals surface area (Å²) in [7, 11) is 6.93. The van der Waals surface area contributed by atoms with E-state index in [1.807, 2.05) is 30.1 Å². The van der Waals surface area contributed by atoms with Crippen molar-refractivity contribution in [3.63, 3.8) is 0 Å². The van der Waals surface area contributed by atoms with Gasteiger partial charge in [-0.25, -0.2) is 0 Å². The number of thioether (sulfide) groups is 1. The number of hydrogen-bond donors (Lipinski definition) is 0. The summed E-state index contributed by atoms with van der Waals surface area (Å²) in [6.07, 6.45) is 1.65. The van der Waals surface area contributed by atoms with Crippen molar-refractivity contribution < 1.29 is 9.53 Å². The van der Waals surface area contributed by atoms with Gasteiger partial charge in [-0.05, 0) is 24.4 Å². The molecule has 4 rings (SSSR count). The van der Waals surface area contributed by atoms with Crippen LogP contribution in [0, 0.1) is 0 Å². The number of nitrogens with zero attached hydrogens (tertiary/aromatic N) is 4. The number of likely N-dealkylation sites (N-methyl/N-ethyl adjacent to an activating group) is 2. The van der Waals surface area contributed by atoms with Gasteiger partial charge < -0.3 is 14.5 Å². The van der Waals surface area contributed by atoms with Crippen LogP contribution in [-0.4, -0.2) is 53.6 Å². The number of aromatic nitrogens is 1. The zero-order valence-corrected chi connectivity index (χ0v) is 19.4. The van der Waals surface area contributed by atoms with E-state index in [1.165, 1.54) is 28.0 Å². The molecule has 2 aromatic rings. The van der Waals surface area contributed by atoms with Crippen molar-refractivity contribution >= 4 is 62.7 Å². The number of rotatable bonds is 3. The lowest BCUT2D eigenvalue weighted by atomic mass is 10.3. The summed E-state index contributed by atoms with van der Waals surface area (Å²) in [5.41, 5.74) is 1.22. The Labute approximate surface area is 187 Å². The molecular weight excluding hydrogens is 440 g/mol. The first-order chi connectivity index (χ1) is 14.3. The molecule has 0 atom stereocenters. The van der Waals surface area contributed by atoms with Crippen LogP contribution in [-0.2, 0) is 11.3 Å². The molecule has 0 radical (unpaired) electrons. The number of benzene rings is 1. The third kappa shape index (κ3) is 2.98. The Balaban J connectivity index is 2.01. The van der Waals surface area contributed by atoms with E-state index in [0.717, 1.165) is 21.4 Å². The quantitative estimate of drug-likeness (QED) is 0.504. The average molecular weight is 461 g/mol. The van der Waals surface area contributed by atoms with Gasteiger partial charge in [0.2, 0.25) is 0 Å². The molecule has 3 heterocycles. The van der Waals surface area contributed by atoms with Crippen molar-refractivity contribution in [1.29, 1.82) is 0 Å². The van der Waals surface area contributed by atoms with Crippen molar-refractivity contribution in [2.24, 2.45) is 0 Å². The van der Waals surface area contributed by atoms with Crippen LogP contribution in [0.1, 0.15) is 0 Å². The topological polar surface area (TPSA) is 58.0 Å². The zero-order chi connectivity index (χ0) is 21.7. The predicted molar refractivity (Wildman–Crippen MR) is 125 cm³/mol. The fourth-order valence-corrected chi connectivity index (χ4v) is 6.10. The summed E-state index contributed by atoms with van der Waals surface area (Å²) in [6, 6.07) is 5.83. The standard InChI is InChI=1S/C20H20N4O3S3/c1-6-9-24-17(26)15(30-18(24)14-16(25)23(4)20(28)22(14)3)19-21(2)12-10-11(27-5)7-8-13(12)29-19/h6-8,10H,1,9H2,2-5H3. The van der Waals surface area contributed by atoms with Gasteiger partial charge in [0.1, 0.15) is 25.7 Å². The Morgan fingerprint density at radius 3 is 2.50 bits per heavy atom. The highest BCUT2D eigenvalue weighted by Crippen LogP contribution is 2.46. The molecule has 156 valence electrons. The SMILES string of the molecule is C=CCn1c(=C2C(=O)N(C)C(=S)N2C)sc(=C2Sc3ccc(OC)cc3N2C)c1=O. The lowest BCUT2D eigenvalue weighted by Crippen LogP contribution is -2.35. The maximum atomic E-state index is 13.4. The van der Waals surface area contributed by atoms with E-state index in [4.69, 9.17) is 17.0 Å². The number of methoxy groups -OCH3 is 1. The van der Waals surface area contributed by atoms with E-state index >= 15 is 0 Å². The van der Waals surface area contributed by atoms with Crippen molar-refractivity contribution in [2.75, 3.05) is 33.2 Å². The second kappa shape index (κ2) is 7.60. The Bertz CT molecular complexity index is 1280. The molecule has 7 nitrogen and oxygen atoms in total. The van der Waals surface area contributed by atoms with Crippen LogP contribution in [0.3, 0.4) is 0 Å². The minimum Gasteiger partial charge on any atom is -0.497 e. The predicted octanol–water partition coefficient (Wildman–Crippen LogP) is 1.21. The summed E-state index contributed by atoms with van der Waals surface area (Å²) < 4.78 is 8.07. The van der Waals surface area contributed by atoms with Gasteiger partial charge in [-0.1, -0.05) is 17.8 Å². The number of amides is 1. The van der Waals surface area contributed by atoms with E-state index in [1.54, 1.807) is 36.7 Å². The number of ether oxygens (including phenoxy) is 1. The molecule has 1 saturated heterocycles. The number of hydrogen-bond acceptors (Lipinski definition) is 7. The van der Waals surface area contributed by atoms with Crippen LogP contribution in [0.5, 0.6) is 5.75 Å². The average Bonchev–Trinajstić information content (AvgIpc) is 3.30. The van der Waals surface area contributed by atoms with Crippen molar-refractivity contribution in [3.8, 4) is 5.75 Å². The number of fused-ring (bicyclic) bond motifs is 1. The van der Waals surface area contributed by atoms with Crippen LogP contribution in [0.15, 0.2) is 40.5 Å². The third-order valence-electron chi connectivity index (χ3n) is 5.05. The second-order valence-corrected chi connectivity index (χ2v) is 9.19. The van der Waals surface area contributed by atoms with Gasteiger partial charge in [-0.15, -0.1) is 17.9 Å². The van der Waals surface area contributed by atoms with Crippen molar-refractivity contribution in [1.82, 2.24) is 14.4 Å². The molecule has 2 aliphatic heterocycles. The van der Waals surface area contributed by atoms with Gasteiger partial charge in [-0.3, -0.25) is 19.1 Å². The van der Waals surface area contributed by atoms with Crippen molar-refractivity contribution in [2.45, 2.75) is 11.4 Å². The minimum atomic E-state index is -0.224. The Kier molecular flexibility index (Phi) is 5.25. The highest BCUT2D eigenvalue weighted by Gasteiger charge is 2.35. The molecule has 2 aliphatic rings. The molecule has 1 aromatic heterocycles. The summed E-state index contributed by atoms with van der Waals surface area (Å²) in [4.78, 5) is 32.3. The maximum Gasteiger partial charge on any atom is 0.279 e.